The fraction of sp³-hybridized carbons (Fsp3) is 0.583. The van der Waals surface area contributed by atoms with Crippen LogP contribution < -0.4 is 0 Å². The normalized spacial score (nSPS) is 23.0. The first-order valence-electron chi connectivity index (χ1n) is 15.1. The van der Waals surface area contributed by atoms with Gasteiger partial charge in [-0.05, 0) is 68.0 Å². The van der Waals surface area contributed by atoms with Gasteiger partial charge in [-0.15, -0.1) is 0 Å². The van der Waals surface area contributed by atoms with Crippen LogP contribution in [-0.2, 0) is 16.2 Å². The van der Waals surface area contributed by atoms with Crippen LogP contribution >= 0.6 is 15.9 Å². The predicted octanol–water partition coefficient (Wildman–Crippen LogP) is 11.5. The van der Waals surface area contributed by atoms with E-state index in [1.165, 1.54) is 33.0 Å². The molecule has 4 aromatic rings. The predicted molar refractivity (Wildman–Crippen MR) is 176 cm³/mol. The standard InChI is InChI=1S/C32H39BrN2.2C2H6/c1-17(2)18-12-13-21(33)19-14-15-35-26-22(34-27(35)23(18)19)16-20-24-25(26)29(5,6)31(9,10)32(24,11)30(7,8)28(20,3)4;2*1-2/h12-17H,1-11H3;2*1-2H3. The monoisotopic (exact) mass is 590 g/mol. The van der Waals surface area contributed by atoms with Crippen LogP contribution in [0.5, 0.6) is 0 Å². The van der Waals surface area contributed by atoms with Crippen molar-refractivity contribution in [2.75, 3.05) is 0 Å². The smallest absolute Gasteiger partial charge is 0.146 e. The van der Waals surface area contributed by atoms with Crippen molar-refractivity contribution in [2.24, 2.45) is 10.8 Å². The second-order valence-electron chi connectivity index (χ2n) is 13.9. The molecular weight excluding hydrogens is 540 g/mol. The van der Waals surface area contributed by atoms with E-state index in [2.05, 4.69) is 127 Å². The summed E-state index contributed by atoms with van der Waals surface area (Å²) in [7, 11) is 0. The quantitative estimate of drug-likeness (QED) is 0.215. The summed E-state index contributed by atoms with van der Waals surface area (Å²) >= 11 is 3.82. The number of benzene rings is 2. The molecule has 6 rings (SSSR count). The van der Waals surface area contributed by atoms with Crippen molar-refractivity contribution in [3.05, 3.63) is 57.2 Å². The van der Waals surface area contributed by atoms with Crippen LogP contribution in [-0.4, -0.2) is 9.38 Å². The molecule has 39 heavy (non-hydrogen) atoms. The summed E-state index contributed by atoms with van der Waals surface area (Å²) in [5.41, 5.74) is 9.81. The highest BCUT2D eigenvalue weighted by atomic mass is 79.9. The van der Waals surface area contributed by atoms with E-state index in [0.717, 1.165) is 15.6 Å². The van der Waals surface area contributed by atoms with E-state index >= 15 is 0 Å². The summed E-state index contributed by atoms with van der Waals surface area (Å²) in [6.45, 7) is 35.0. The van der Waals surface area contributed by atoms with Gasteiger partial charge in [0.05, 0.1) is 11.0 Å². The van der Waals surface area contributed by atoms with E-state index in [-0.39, 0.29) is 27.1 Å². The molecule has 0 bridgehead atoms. The summed E-state index contributed by atoms with van der Waals surface area (Å²) in [4.78, 5) is 5.42. The Hall–Kier alpha value is -1.87. The molecular formula is C36H51BrN2. The Morgan fingerprint density at radius 3 is 1.90 bits per heavy atom. The Kier molecular flexibility index (Phi) is 7.00. The molecule has 1 unspecified atom stereocenters. The first-order chi connectivity index (χ1) is 18.0. The topological polar surface area (TPSA) is 17.3 Å². The Morgan fingerprint density at radius 1 is 0.769 bits per heavy atom. The molecule has 2 heterocycles. The van der Waals surface area contributed by atoms with Gasteiger partial charge in [-0.3, -0.25) is 4.40 Å². The van der Waals surface area contributed by atoms with Crippen LogP contribution in [0, 0.1) is 10.8 Å². The molecule has 2 aliphatic carbocycles. The Balaban J connectivity index is 0.000000845. The highest BCUT2D eigenvalue weighted by Gasteiger charge is 2.72. The zero-order chi connectivity index (χ0) is 29.7. The minimum atomic E-state index is 0.00217. The fourth-order valence-corrected chi connectivity index (χ4v) is 8.63. The third-order valence-corrected chi connectivity index (χ3v) is 12.6. The molecule has 212 valence electrons. The first-order valence-corrected chi connectivity index (χ1v) is 15.9. The van der Waals surface area contributed by atoms with Gasteiger partial charge in [0.25, 0.3) is 0 Å². The van der Waals surface area contributed by atoms with Gasteiger partial charge in [-0.2, -0.15) is 0 Å². The summed E-state index contributed by atoms with van der Waals surface area (Å²) in [6, 6.07) is 9.18. The average molecular weight is 592 g/mol. The van der Waals surface area contributed by atoms with Gasteiger partial charge in [0.1, 0.15) is 5.65 Å². The number of imidazole rings is 1. The summed E-state index contributed by atoms with van der Waals surface area (Å²) in [5.74, 6) is 0.426. The van der Waals surface area contributed by atoms with Crippen molar-refractivity contribution in [1.29, 1.82) is 0 Å². The largest absolute Gasteiger partial charge is 0.299 e. The molecule has 0 saturated carbocycles. The van der Waals surface area contributed by atoms with Crippen LogP contribution in [0.2, 0.25) is 0 Å². The van der Waals surface area contributed by atoms with Crippen molar-refractivity contribution < 1.29 is 0 Å². The van der Waals surface area contributed by atoms with Crippen molar-refractivity contribution >= 4 is 43.4 Å². The van der Waals surface area contributed by atoms with Gasteiger partial charge in [0, 0.05) is 26.9 Å². The molecule has 0 saturated heterocycles. The maximum Gasteiger partial charge on any atom is 0.146 e. The SMILES string of the molecule is CC.CC.CC(C)c1ccc(Br)c2ccn3c(nc4cc5c6c(c43)C(C)(C)C(C)(C)C6(C)C(C)(C)C5(C)C)c12. The van der Waals surface area contributed by atoms with E-state index in [1.54, 1.807) is 5.56 Å². The third-order valence-electron chi connectivity index (χ3n) is 11.9. The molecule has 2 aromatic heterocycles. The zero-order valence-electron chi connectivity index (χ0n) is 27.2. The summed E-state index contributed by atoms with van der Waals surface area (Å²) in [6.07, 6.45) is 2.26. The molecule has 0 spiro atoms. The van der Waals surface area contributed by atoms with Gasteiger partial charge in [-0.25, -0.2) is 4.98 Å². The molecule has 0 fully saturated rings. The number of halogens is 1. The molecule has 0 aliphatic heterocycles. The van der Waals surface area contributed by atoms with Crippen molar-refractivity contribution in [3.63, 3.8) is 0 Å². The lowest BCUT2D eigenvalue weighted by atomic mass is 9.47. The Bertz CT molecular complexity index is 1600. The molecule has 2 aliphatic rings. The summed E-state index contributed by atoms with van der Waals surface area (Å²) < 4.78 is 3.54. The second-order valence-corrected chi connectivity index (χ2v) is 14.7. The first kappa shape index (κ1) is 30.1. The fourth-order valence-electron chi connectivity index (χ4n) is 8.16. The van der Waals surface area contributed by atoms with Crippen molar-refractivity contribution in [2.45, 2.75) is 126 Å². The molecule has 3 heteroatoms. The van der Waals surface area contributed by atoms with E-state index in [4.69, 9.17) is 4.98 Å². The highest BCUT2D eigenvalue weighted by Crippen LogP contribution is 2.76. The number of hydrogen-bond donors (Lipinski definition) is 0. The van der Waals surface area contributed by atoms with Crippen LogP contribution in [0.25, 0.3) is 27.5 Å². The van der Waals surface area contributed by atoms with E-state index in [9.17, 15) is 0 Å². The minimum Gasteiger partial charge on any atom is -0.299 e. The minimum absolute atomic E-state index is 0.00217. The second kappa shape index (κ2) is 9.07. The molecule has 2 nitrogen and oxygen atoms in total. The lowest BCUT2D eigenvalue weighted by molar-refractivity contribution is -0.0103. The van der Waals surface area contributed by atoms with Gasteiger partial charge in [0.2, 0.25) is 0 Å². The Morgan fingerprint density at radius 2 is 1.33 bits per heavy atom. The molecule has 1 atom stereocenters. The van der Waals surface area contributed by atoms with Crippen molar-refractivity contribution in [1.82, 2.24) is 9.38 Å². The molecule has 0 amide bonds. The lowest BCUT2D eigenvalue weighted by Gasteiger charge is -2.56. The van der Waals surface area contributed by atoms with E-state index in [0.29, 0.717) is 5.92 Å². The number of fused-ring (bicyclic) bond motifs is 6. The van der Waals surface area contributed by atoms with Crippen molar-refractivity contribution in [3.8, 4) is 0 Å². The van der Waals surface area contributed by atoms with E-state index < -0.39 is 0 Å². The lowest BCUT2D eigenvalue weighted by Crippen LogP contribution is -2.55. The number of rotatable bonds is 1. The number of pyridine rings is 1. The number of nitrogens with zero attached hydrogens (tertiary/aromatic N) is 2. The van der Waals surface area contributed by atoms with Crippen LogP contribution in [0.3, 0.4) is 0 Å². The maximum absolute atomic E-state index is 5.42. The van der Waals surface area contributed by atoms with Gasteiger partial charge in [-0.1, -0.05) is 126 Å². The third kappa shape index (κ3) is 3.23. The van der Waals surface area contributed by atoms with Crippen LogP contribution in [0.15, 0.2) is 34.9 Å². The molecule has 2 aromatic carbocycles. The average Bonchev–Trinajstić information content (AvgIpc) is 3.36. The van der Waals surface area contributed by atoms with Gasteiger partial charge in [0.15, 0.2) is 0 Å². The van der Waals surface area contributed by atoms with Gasteiger partial charge < -0.3 is 0 Å². The zero-order valence-corrected chi connectivity index (χ0v) is 28.8. The maximum atomic E-state index is 5.42. The summed E-state index contributed by atoms with van der Waals surface area (Å²) in [5, 5.41) is 2.52. The number of hydrogen-bond acceptors (Lipinski definition) is 1. The van der Waals surface area contributed by atoms with E-state index in [1.807, 2.05) is 27.7 Å². The van der Waals surface area contributed by atoms with Crippen LogP contribution in [0.4, 0.5) is 0 Å². The Labute approximate surface area is 246 Å². The number of aromatic nitrogens is 2. The van der Waals surface area contributed by atoms with Crippen LogP contribution in [0.1, 0.15) is 132 Å². The van der Waals surface area contributed by atoms with Gasteiger partial charge >= 0.3 is 0 Å². The highest BCUT2D eigenvalue weighted by molar-refractivity contribution is 9.10. The molecule has 0 radical (unpaired) electrons. The molecule has 0 N–H and O–H groups in total.